The van der Waals surface area contributed by atoms with Crippen molar-refractivity contribution in [3.05, 3.63) is 29.0 Å². The Bertz CT molecular complexity index is 440. The van der Waals surface area contributed by atoms with Gasteiger partial charge in [0.15, 0.2) is 0 Å². The van der Waals surface area contributed by atoms with Crippen LogP contribution in [0.15, 0.2) is 18.3 Å². The number of hydrogen-bond donors (Lipinski definition) is 1. The number of pyridine rings is 1. The Morgan fingerprint density at radius 1 is 1.39 bits per heavy atom. The quantitative estimate of drug-likeness (QED) is 0.883. The highest BCUT2D eigenvalue weighted by atomic mass is 35.5. The van der Waals surface area contributed by atoms with Gasteiger partial charge in [-0.15, -0.1) is 0 Å². The lowest BCUT2D eigenvalue weighted by Gasteiger charge is -2.44. The second-order valence-corrected chi connectivity index (χ2v) is 5.52. The van der Waals surface area contributed by atoms with E-state index < -0.39 is 0 Å². The Morgan fingerprint density at radius 3 is 2.72 bits per heavy atom. The van der Waals surface area contributed by atoms with E-state index in [4.69, 9.17) is 11.6 Å². The van der Waals surface area contributed by atoms with E-state index >= 15 is 0 Å². The number of nitrogens with zero attached hydrogens (tertiary/aromatic N) is 2. The van der Waals surface area contributed by atoms with Gasteiger partial charge in [-0.2, -0.15) is 0 Å². The molecule has 2 bridgehead atoms. The second kappa shape index (κ2) is 4.86. The number of fused-ring (bicyclic) bond motifs is 3. The van der Waals surface area contributed by atoms with Crippen LogP contribution in [0, 0.1) is 5.92 Å². The second-order valence-electron chi connectivity index (χ2n) is 5.08. The molecule has 3 saturated heterocycles. The molecular weight excluding hydrogens is 250 g/mol. The van der Waals surface area contributed by atoms with Gasteiger partial charge in [-0.05, 0) is 44.0 Å². The van der Waals surface area contributed by atoms with Crippen LogP contribution in [0.1, 0.15) is 23.3 Å². The lowest BCUT2D eigenvalue weighted by molar-refractivity contribution is 0.0618. The molecule has 1 amide bonds. The zero-order valence-electron chi connectivity index (χ0n) is 10.1. The molecule has 1 aromatic rings. The summed E-state index contributed by atoms with van der Waals surface area (Å²) in [5.74, 6) is 0.539. The van der Waals surface area contributed by atoms with Crippen molar-refractivity contribution < 1.29 is 4.79 Å². The van der Waals surface area contributed by atoms with Gasteiger partial charge in [0, 0.05) is 18.8 Å². The summed E-state index contributed by atoms with van der Waals surface area (Å²) in [6.07, 6.45) is 3.89. The van der Waals surface area contributed by atoms with Crippen molar-refractivity contribution in [3.63, 3.8) is 0 Å². The number of carbonyl (C=O) groups is 1. The molecule has 4 heterocycles. The SMILES string of the molecule is O=C(N[C@H]1CN2CCC1CC2)c1ccc(Cl)cn1. The Morgan fingerprint density at radius 2 is 2.17 bits per heavy atom. The summed E-state index contributed by atoms with van der Waals surface area (Å²) in [6, 6.07) is 3.64. The van der Waals surface area contributed by atoms with Crippen LogP contribution in [0.3, 0.4) is 0 Å². The topological polar surface area (TPSA) is 45.2 Å². The lowest BCUT2D eigenvalue weighted by atomic mass is 9.84. The maximum Gasteiger partial charge on any atom is 0.270 e. The van der Waals surface area contributed by atoms with Gasteiger partial charge in [0.05, 0.1) is 5.02 Å². The van der Waals surface area contributed by atoms with Gasteiger partial charge in [-0.3, -0.25) is 4.79 Å². The highest BCUT2D eigenvalue weighted by Crippen LogP contribution is 2.27. The number of rotatable bonds is 2. The number of halogens is 1. The van der Waals surface area contributed by atoms with Crippen LogP contribution < -0.4 is 5.32 Å². The predicted octanol–water partition coefficient (Wildman–Crippen LogP) is 1.56. The van der Waals surface area contributed by atoms with E-state index in [1.54, 1.807) is 12.1 Å². The Hall–Kier alpha value is -1.13. The molecule has 5 heteroatoms. The molecular formula is C13H16ClN3O. The molecule has 1 N–H and O–H groups in total. The lowest BCUT2D eigenvalue weighted by Crippen LogP contribution is -2.57. The van der Waals surface area contributed by atoms with Crippen molar-refractivity contribution in [1.82, 2.24) is 15.2 Å². The third-order valence-corrected chi connectivity index (χ3v) is 4.16. The number of amides is 1. The molecule has 1 atom stereocenters. The van der Waals surface area contributed by atoms with E-state index in [1.807, 2.05) is 0 Å². The summed E-state index contributed by atoms with van der Waals surface area (Å²) >= 11 is 5.76. The monoisotopic (exact) mass is 265 g/mol. The average Bonchev–Trinajstić information content (AvgIpc) is 2.41. The van der Waals surface area contributed by atoms with Crippen molar-refractivity contribution in [1.29, 1.82) is 0 Å². The number of carbonyl (C=O) groups excluding carboxylic acids is 1. The zero-order chi connectivity index (χ0) is 12.5. The summed E-state index contributed by atoms with van der Waals surface area (Å²) in [4.78, 5) is 18.5. The maximum absolute atomic E-state index is 12.1. The standard InChI is InChI=1S/C13H16ClN3O/c14-10-1-2-11(15-7-10)13(18)16-12-8-17-5-3-9(12)4-6-17/h1-2,7,9,12H,3-6,8H2,(H,16,18)/t12-/m0/s1. The molecule has 0 saturated carbocycles. The smallest absolute Gasteiger partial charge is 0.270 e. The van der Waals surface area contributed by atoms with Gasteiger partial charge in [-0.1, -0.05) is 11.6 Å². The molecule has 0 aliphatic carbocycles. The fourth-order valence-electron chi connectivity index (χ4n) is 2.88. The summed E-state index contributed by atoms with van der Waals surface area (Å²) in [5, 5.41) is 3.65. The first-order valence-electron chi connectivity index (χ1n) is 6.37. The first-order valence-corrected chi connectivity index (χ1v) is 6.75. The first kappa shape index (κ1) is 11.9. The maximum atomic E-state index is 12.1. The molecule has 3 aliphatic rings. The highest BCUT2D eigenvalue weighted by Gasteiger charge is 2.34. The van der Waals surface area contributed by atoms with Gasteiger partial charge in [0.25, 0.3) is 5.91 Å². The van der Waals surface area contributed by atoms with E-state index in [2.05, 4.69) is 15.2 Å². The third kappa shape index (κ3) is 2.35. The fourth-order valence-corrected chi connectivity index (χ4v) is 2.99. The zero-order valence-corrected chi connectivity index (χ0v) is 10.9. The highest BCUT2D eigenvalue weighted by molar-refractivity contribution is 6.30. The minimum absolute atomic E-state index is 0.0922. The number of nitrogens with one attached hydrogen (secondary N) is 1. The van der Waals surface area contributed by atoms with Crippen LogP contribution in [0.4, 0.5) is 0 Å². The molecule has 0 aromatic carbocycles. The van der Waals surface area contributed by atoms with Crippen LogP contribution in [-0.2, 0) is 0 Å². The van der Waals surface area contributed by atoms with Crippen molar-refractivity contribution in [2.24, 2.45) is 5.92 Å². The van der Waals surface area contributed by atoms with Crippen LogP contribution in [0.2, 0.25) is 5.02 Å². The van der Waals surface area contributed by atoms with Crippen molar-refractivity contribution in [3.8, 4) is 0 Å². The number of piperidine rings is 3. The third-order valence-electron chi connectivity index (χ3n) is 3.93. The van der Waals surface area contributed by atoms with E-state index in [9.17, 15) is 4.79 Å². The minimum atomic E-state index is -0.0922. The van der Waals surface area contributed by atoms with Crippen LogP contribution >= 0.6 is 11.6 Å². The molecule has 3 aliphatic heterocycles. The predicted molar refractivity (Wildman–Crippen MR) is 69.7 cm³/mol. The summed E-state index contributed by atoms with van der Waals surface area (Å²) in [6.45, 7) is 3.33. The molecule has 0 radical (unpaired) electrons. The summed E-state index contributed by atoms with van der Waals surface area (Å²) in [7, 11) is 0. The molecule has 0 unspecified atom stereocenters. The molecule has 4 rings (SSSR count). The Labute approximate surface area is 111 Å². The van der Waals surface area contributed by atoms with E-state index in [0.717, 1.165) is 6.54 Å². The van der Waals surface area contributed by atoms with Crippen LogP contribution in [0.25, 0.3) is 0 Å². The normalized spacial score (nSPS) is 30.2. The van der Waals surface area contributed by atoms with E-state index in [0.29, 0.717) is 16.6 Å². The van der Waals surface area contributed by atoms with E-state index in [1.165, 1.54) is 32.1 Å². The van der Waals surface area contributed by atoms with Crippen LogP contribution in [-0.4, -0.2) is 41.5 Å². The Kier molecular flexibility index (Phi) is 3.22. The van der Waals surface area contributed by atoms with Gasteiger partial charge in [-0.25, -0.2) is 4.98 Å². The molecule has 3 fully saturated rings. The van der Waals surface area contributed by atoms with Crippen molar-refractivity contribution in [2.45, 2.75) is 18.9 Å². The minimum Gasteiger partial charge on any atom is -0.346 e. The molecule has 96 valence electrons. The van der Waals surface area contributed by atoms with Crippen LogP contribution in [0.5, 0.6) is 0 Å². The van der Waals surface area contributed by atoms with Crippen molar-refractivity contribution >= 4 is 17.5 Å². The Balaban J connectivity index is 1.66. The van der Waals surface area contributed by atoms with Gasteiger partial charge < -0.3 is 10.2 Å². The molecule has 18 heavy (non-hydrogen) atoms. The largest absolute Gasteiger partial charge is 0.346 e. The van der Waals surface area contributed by atoms with Gasteiger partial charge in [0.2, 0.25) is 0 Å². The van der Waals surface area contributed by atoms with Gasteiger partial charge >= 0.3 is 0 Å². The van der Waals surface area contributed by atoms with Gasteiger partial charge in [0.1, 0.15) is 5.69 Å². The fraction of sp³-hybridized carbons (Fsp3) is 0.538. The van der Waals surface area contributed by atoms with Crippen molar-refractivity contribution in [2.75, 3.05) is 19.6 Å². The first-order chi connectivity index (χ1) is 8.72. The molecule has 0 spiro atoms. The number of aromatic nitrogens is 1. The molecule has 1 aromatic heterocycles. The summed E-state index contributed by atoms with van der Waals surface area (Å²) in [5.41, 5.74) is 0.441. The molecule has 4 nitrogen and oxygen atoms in total. The number of hydrogen-bond acceptors (Lipinski definition) is 3. The summed E-state index contributed by atoms with van der Waals surface area (Å²) < 4.78 is 0. The average molecular weight is 266 g/mol. The van der Waals surface area contributed by atoms with E-state index in [-0.39, 0.29) is 11.9 Å².